The second kappa shape index (κ2) is 9.40. The number of fused-ring (bicyclic) bond motifs is 1. The zero-order valence-electron chi connectivity index (χ0n) is 17.2. The van der Waals surface area contributed by atoms with Crippen LogP contribution in [-0.4, -0.2) is 26.2 Å². The summed E-state index contributed by atoms with van der Waals surface area (Å²) < 4.78 is 14.9. The fourth-order valence-electron chi connectivity index (χ4n) is 3.33. The molecule has 0 fully saturated rings. The minimum absolute atomic E-state index is 0.0539. The summed E-state index contributed by atoms with van der Waals surface area (Å²) in [5.41, 5.74) is 1.78. The van der Waals surface area contributed by atoms with E-state index >= 15 is 0 Å². The summed E-state index contributed by atoms with van der Waals surface area (Å²) in [6.07, 6.45) is 1.54. The molecule has 0 saturated carbocycles. The van der Waals surface area contributed by atoms with Crippen LogP contribution in [0, 0.1) is 12.7 Å². The predicted molar refractivity (Wildman–Crippen MR) is 128 cm³/mol. The summed E-state index contributed by atoms with van der Waals surface area (Å²) in [5, 5.41) is 3.89. The van der Waals surface area contributed by atoms with Gasteiger partial charge in [0.2, 0.25) is 5.91 Å². The van der Waals surface area contributed by atoms with Crippen LogP contribution in [0.15, 0.2) is 52.5 Å². The number of halogens is 2. The molecular weight excluding hydrogens is 471 g/mol. The number of thiophene rings is 1. The maximum Gasteiger partial charge on any atom is 0.263 e. The van der Waals surface area contributed by atoms with Crippen molar-refractivity contribution in [3.05, 3.63) is 68.8 Å². The lowest BCUT2D eigenvalue weighted by Gasteiger charge is -2.11. The van der Waals surface area contributed by atoms with E-state index in [-0.39, 0.29) is 28.2 Å². The molecule has 0 radical (unpaired) electrons. The molecule has 0 unspecified atom stereocenters. The molecule has 4 rings (SSSR count). The Morgan fingerprint density at radius 3 is 2.72 bits per heavy atom. The van der Waals surface area contributed by atoms with Crippen molar-refractivity contribution in [1.29, 1.82) is 0 Å². The largest absolute Gasteiger partial charge is 0.323 e. The van der Waals surface area contributed by atoms with E-state index in [4.69, 9.17) is 11.6 Å². The molecule has 0 aliphatic heterocycles. The lowest BCUT2D eigenvalue weighted by molar-refractivity contribution is -0.113. The van der Waals surface area contributed by atoms with Crippen LogP contribution in [0.1, 0.15) is 11.8 Å². The SMILES string of the molecule is CCn1c(SCC(=O)Nc2cccnc2Cl)nc2sc(C)c(-c3ccc(F)cc3)c2c1=O. The quantitative estimate of drug-likeness (QED) is 0.224. The second-order valence-corrected chi connectivity index (χ2v) is 9.35. The Morgan fingerprint density at radius 1 is 1.28 bits per heavy atom. The van der Waals surface area contributed by atoms with Crippen LogP contribution >= 0.6 is 34.7 Å². The van der Waals surface area contributed by atoms with E-state index in [1.54, 1.807) is 28.8 Å². The average Bonchev–Trinajstić information content (AvgIpc) is 3.10. The molecule has 0 saturated heterocycles. The molecule has 0 aliphatic rings. The third-order valence-electron chi connectivity index (χ3n) is 4.77. The molecule has 3 aromatic heterocycles. The number of carbonyl (C=O) groups is 1. The van der Waals surface area contributed by atoms with Gasteiger partial charge in [0, 0.05) is 23.2 Å². The number of amides is 1. The van der Waals surface area contributed by atoms with E-state index in [9.17, 15) is 14.0 Å². The fourth-order valence-corrected chi connectivity index (χ4v) is 5.44. The van der Waals surface area contributed by atoms with Gasteiger partial charge in [-0.25, -0.2) is 14.4 Å². The van der Waals surface area contributed by atoms with Gasteiger partial charge in [-0.15, -0.1) is 11.3 Å². The normalized spacial score (nSPS) is 11.1. The minimum atomic E-state index is -0.334. The van der Waals surface area contributed by atoms with Crippen molar-refractivity contribution >= 4 is 56.5 Å². The van der Waals surface area contributed by atoms with Crippen LogP contribution in [0.3, 0.4) is 0 Å². The van der Waals surface area contributed by atoms with Gasteiger partial charge in [-0.2, -0.15) is 0 Å². The number of nitrogens with one attached hydrogen (secondary N) is 1. The van der Waals surface area contributed by atoms with Gasteiger partial charge in [-0.1, -0.05) is 35.5 Å². The van der Waals surface area contributed by atoms with Gasteiger partial charge in [0.15, 0.2) is 10.3 Å². The molecule has 164 valence electrons. The number of hydrogen-bond donors (Lipinski definition) is 1. The van der Waals surface area contributed by atoms with Crippen molar-refractivity contribution < 1.29 is 9.18 Å². The average molecular weight is 489 g/mol. The number of benzene rings is 1. The molecule has 4 aromatic rings. The number of rotatable bonds is 6. The molecule has 32 heavy (non-hydrogen) atoms. The number of anilines is 1. The zero-order valence-corrected chi connectivity index (χ0v) is 19.6. The molecule has 6 nitrogen and oxygen atoms in total. The van der Waals surface area contributed by atoms with Crippen molar-refractivity contribution in [1.82, 2.24) is 14.5 Å². The van der Waals surface area contributed by atoms with E-state index in [1.165, 1.54) is 41.4 Å². The Morgan fingerprint density at radius 2 is 2.03 bits per heavy atom. The second-order valence-electron chi connectivity index (χ2n) is 6.84. The number of hydrogen-bond acceptors (Lipinski definition) is 6. The highest BCUT2D eigenvalue weighted by atomic mass is 35.5. The first-order valence-corrected chi connectivity index (χ1v) is 11.9. The van der Waals surface area contributed by atoms with Gasteiger partial charge < -0.3 is 5.32 Å². The van der Waals surface area contributed by atoms with Gasteiger partial charge in [-0.3, -0.25) is 14.2 Å². The summed E-state index contributed by atoms with van der Waals surface area (Å²) in [5.74, 6) is -0.561. The summed E-state index contributed by atoms with van der Waals surface area (Å²) in [7, 11) is 0. The molecule has 1 N–H and O–H groups in total. The zero-order chi connectivity index (χ0) is 22.8. The summed E-state index contributed by atoms with van der Waals surface area (Å²) in [6.45, 7) is 4.17. The smallest absolute Gasteiger partial charge is 0.263 e. The molecular formula is C22H18ClFN4O2S2. The van der Waals surface area contributed by atoms with Crippen molar-refractivity contribution in [3.63, 3.8) is 0 Å². The van der Waals surface area contributed by atoms with Crippen LogP contribution in [0.25, 0.3) is 21.3 Å². The van der Waals surface area contributed by atoms with Crippen LogP contribution in [0.2, 0.25) is 5.15 Å². The molecule has 3 heterocycles. The van der Waals surface area contributed by atoms with Gasteiger partial charge >= 0.3 is 0 Å². The highest BCUT2D eigenvalue weighted by Crippen LogP contribution is 2.36. The topological polar surface area (TPSA) is 76.9 Å². The first kappa shape index (κ1) is 22.4. The molecule has 0 aliphatic carbocycles. The first-order chi connectivity index (χ1) is 15.4. The van der Waals surface area contributed by atoms with Crippen LogP contribution in [0.5, 0.6) is 0 Å². The summed E-state index contributed by atoms with van der Waals surface area (Å²) in [6, 6.07) is 9.42. The Kier molecular flexibility index (Phi) is 6.59. The molecule has 1 amide bonds. The monoisotopic (exact) mass is 488 g/mol. The molecule has 0 spiro atoms. The number of aromatic nitrogens is 3. The highest BCUT2D eigenvalue weighted by Gasteiger charge is 2.20. The van der Waals surface area contributed by atoms with Crippen LogP contribution in [-0.2, 0) is 11.3 Å². The van der Waals surface area contributed by atoms with Crippen molar-refractivity contribution in [2.45, 2.75) is 25.5 Å². The van der Waals surface area contributed by atoms with E-state index < -0.39 is 0 Å². The van der Waals surface area contributed by atoms with Crippen molar-refractivity contribution in [2.24, 2.45) is 0 Å². The van der Waals surface area contributed by atoms with Crippen molar-refractivity contribution in [3.8, 4) is 11.1 Å². The standard InChI is InChI=1S/C22H18ClFN4O2S2/c1-3-28-21(30)18-17(13-6-8-14(24)9-7-13)12(2)32-20(18)27-22(28)31-11-16(29)26-15-5-4-10-25-19(15)23/h4-10H,3,11H2,1-2H3,(H,26,29). The van der Waals surface area contributed by atoms with Gasteiger partial charge in [0.05, 0.1) is 16.8 Å². The Bertz CT molecular complexity index is 1370. The Hall–Kier alpha value is -2.75. The Balaban J connectivity index is 1.66. The highest BCUT2D eigenvalue weighted by molar-refractivity contribution is 7.99. The number of carbonyl (C=O) groups excluding carboxylic acids is 1. The minimum Gasteiger partial charge on any atom is -0.323 e. The summed E-state index contributed by atoms with van der Waals surface area (Å²) >= 11 is 8.57. The molecule has 10 heteroatoms. The van der Waals surface area contributed by atoms with E-state index in [2.05, 4.69) is 15.3 Å². The number of pyridine rings is 1. The predicted octanol–water partition coefficient (Wildman–Crippen LogP) is 5.37. The van der Waals surface area contributed by atoms with Crippen molar-refractivity contribution in [2.75, 3.05) is 11.1 Å². The van der Waals surface area contributed by atoms with Crippen LogP contribution in [0.4, 0.5) is 10.1 Å². The first-order valence-electron chi connectivity index (χ1n) is 9.72. The molecule has 1 aromatic carbocycles. The van der Waals surface area contributed by atoms with Gasteiger partial charge in [-0.05, 0) is 43.7 Å². The number of thioether (sulfide) groups is 1. The fraction of sp³-hybridized carbons (Fsp3) is 0.182. The lowest BCUT2D eigenvalue weighted by atomic mass is 10.0. The molecule has 0 bridgehead atoms. The molecule has 0 atom stereocenters. The van der Waals surface area contributed by atoms with E-state index in [0.717, 1.165) is 16.0 Å². The van der Waals surface area contributed by atoms with Crippen LogP contribution < -0.4 is 10.9 Å². The maximum absolute atomic E-state index is 13.4. The number of nitrogens with zero attached hydrogens (tertiary/aromatic N) is 3. The third-order valence-corrected chi connectivity index (χ3v) is 7.04. The Labute approximate surface area is 196 Å². The third kappa shape index (κ3) is 4.41. The van der Waals surface area contributed by atoms with E-state index in [1.807, 2.05) is 13.8 Å². The lowest BCUT2D eigenvalue weighted by Crippen LogP contribution is -2.23. The van der Waals surface area contributed by atoms with Gasteiger partial charge in [0.1, 0.15) is 10.6 Å². The number of aryl methyl sites for hydroxylation is 1. The summed E-state index contributed by atoms with van der Waals surface area (Å²) in [4.78, 5) is 35.9. The van der Waals surface area contributed by atoms with E-state index in [0.29, 0.717) is 27.6 Å². The van der Waals surface area contributed by atoms with Gasteiger partial charge in [0.25, 0.3) is 5.56 Å². The maximum atomic E-state index is 13.4.